The fraction of sp³-hybridized carbons (Fsp3) is 0.259. The minimum atomic E-state index is -4.29. The Labute approximate surface area is 231 Å². The molecule has 40 heavy (non-hydrogen) atoms. The van der Waals surface area contributed by atoms with E-state index in [1.54, 1.807) is 42.5 Å². The number of nitrogens with zero attached hydrogens (tertiary/aromatic N) is 4. The number of aliphatic hydroxyl groups is 1. The number of aliphatic hydroxyl groups excluding tert-OH is 1. The molecule has 1 aromatic carbocycles. The van der Waals surface area contributed by atoms with Gasteiger partial charge in [0.1, 0.15) is 12.3 Å². The molecule has 0 aliphatic carbocycles. The molecule has 0 aliphatic rings. The second-order valence-corrected chi connectivity index (χ2v) is 10.2. The molecule has 0 saturated heterocycles. The third kappa shape index (κ3) is 6.28. The average Bonchev–Trinajstić information content (AvgIpc) is 2.95. The van der Waals surface area contributed by atoms with Gasteiger partial charge >= 0.3 is 0 Å². The highest BCUT2D eigenvalue weighted by atomic mass is 32.2. The maximum Gasteiger partial charge on any atom is 0.261 e. The number of sulfonamides is 1. The molecule has 0 spiro atoms. The predicted molar refractivity (Wildman–Crippen MR) is 146 cm³/mol. The van der Waals surface area contributed by atoms with E-state index in [9.17, 15) is 8.42 Å². The summed E-state index contributed by atoms with van der Waals surface area (Å²) in [6.45, 7) is 3.74. The molecule has 0 aliphatic heterocycles. The van der Waals surface area contributed by atoms with Crippen molar-refractivity contribution in [3.63, 3.8) is 0 Å². The Bertz CT molecular complexity index is 1610. The highest BCUT2D eigenvalue weighted by Crippen LogP contribution is 2.44. The lowest BCUT2D eigenvalue weighted by Crippen LogP contribution is -2.16. The number of hydrogen-bond donors (Lipinski definition) is 2. The maximum absolute atomic E-state index is 12.7. The second kappa shape index (κ2) is 12.2. The SMILES string of the molecule is COc1ccccc1Oc1c(OC)nc(-c2ccnc(OCCO)c2)nc1-c1cc(C(C)C)cnc1S(N)(=O)=O. The minimum Gasteiger partial charge on any atom is -0.493 e. The van der Waals surface area contributed by atoms with Crippen molar-refractivity contribution in [3.05, 3.63) is 60.4 Å². The highest BCUT2D eigenvalue weighted by Gasteiger charge is 2.27. The van der Waals surface area contributed by atoms with Crippen LogP contribution in [0.4, 0.5) is 0 Å². The Morgan fingerprint density at radius 2 is 1.75 bits per heavy atom. The molecule has 0 amide bonds. The maximum atomic E-state index is 12.7. The first-order valence-corrected chi connectivity index (χ1v) is 13.7. The summed E-state index contributed by atoms with van der Waals surface area (Å²) in [5.41, 5.74) is 1.40. The van der Waals surface area contributed by atoms with Crippen molar-refractivity contribution >= 4 is 10.0 Å². The number of rotatable bonds is 11. The van der Waals surface area contributed by atoms with Crippen LogP contribution in [0.15, 0.2) is 59.9 Å². The van der Waals surface area contributed by atoms with Crippen molar-refractivity contribution in [2.75, 3.05) is 27.4 Å². The van der Waals surface area contributed by atoms with Crippen LogP contribution in [0.1, 0.15) is 25.3 Å². The summed E-state index contributed by atoms with van der Waals surface area (Å²) < 4.78 is 48.1. The molecule has 0 atom stereocenters. The lowest BCUT2D eigenvalue weighted by molar-refractivity contribution is 0.197. The van der Waals surface area contributed by atoms with Crippen molar-refractivity contribution in [2.45, 2.75) is 24.8 Å². The molecule has 4 aromatic rings. The van der Waals surface area contributed by atoms with E-state index in [1.807, 2.05) is 13.8 Å². The van der Waals surface area contributed by atoms with E-state index in [2.05, 4.69) is 15.0 Å². The molecular weight excluding hydrogens is 538 g/mol. The summed E-state index contributed by atoms with van der Waals surface area (Å²) >= 11 is 0. The number of pyridine rings is 2. The van der Waals surface area contributed by atoms with Crippen molar-refractivity contribution in [3.8, 4) is 51.7 Å². The fourth-order valence-corrected chi connectivity index (χ4v) is 4.40. The number of aromatic nitrogens is 4. The van der Waals surface area contributed by atoms with Crippen LogP contribution in [-0.4, -0.2) is 60.9 Å². The van der Waals surface area contributed by atoms with Gasteiger partial charge in [0, 0.05) is 29.6 Å². The molecule has 3 N–H and O–H groups in total. The van der Waals surface area contributed by atoms with Gasteiger partial charge in [0.25, 0.3) is 15.9 Å². The van der Waals surface area contributed by atoms with Gasteiger partial charge in [0.15, 0.2) is 22.3 Å². The first-order valence-electron chi connectivity index (χ1n) is 12.2. The first kappa shape index (κ1) is 28.7. The van der Waals surface area contributed by atoms with E-state index >= 15 is 0 Å². The van der Waals surface area contributed by atoms with Crippen LogP contribution in [0.2, 0.25) is 0 Å². The van der Waals surface area contributed by atoms with Gasteiger partial charge in [-0.05, 0) is 35.7 Å². The molecule has 12 nitrogen and oxygen atoms in total. The molecule has 3 aromatic heterocycles. The molecule has 3 heterocycles. The third-order valence-electron chi connectivity index (χ3n) is 5.71. The normalized spacial score (nSPS) is 11.4. The van der Waals surface area contributed by atoms with Gasteiger partial charge in [0.2, 0.25) is 11.6 Å². The standard InChI is InChI=1S/C27H29N5O7S/c1-16(2)18-13-19(27(30-15-18)40(28,34)35)23-24(39-21-8-6-5-7-20(21)36-3)26(37-4)32-25(31-23)17-9-10-29-22(14-17)38-12-11-33/h5-10,13-16,33H,11-12H2,1-4H3,(H2,28,34,35). The van der Waals surface area contributed by atoms with Crippen LogP contribution in [-0.2, 0) is 10.0 Å². The largest absolute Gasteiger partial charge is 0.493 e. The summed E-state index contributed by atoms with van der Waals surface area (Å²) in [7, 11) is -1.39. The van der Waals surface area contributed by atoms with E-state index in [0.717, 1.165) is 5.56 Å². The van der Waals surface area contributed by atoms with Crippen LogP contribution >= 0.6 is 0 Å². The zero-order chi connectivity index (χ0) is 28.9. The third-order valence-corrected chi connectivity index (χ3v) is 6.57. The van der Waals surface area contributed by atoms with Gasteiger partial charge in [0.05, 0.1) is 20.8 Å². The molecule has 0 radical (unpaired) electrons. The fourth-order valence-electron chi connectivity index (χ4n) is 3.74. The Balaban J connectivity index is 2.03. The van der Waals surface area contributed by atoms with Crippen molar-refractivity contribution < 1.29 is 32.5 Å². The number of primary sulfonamides is 1. The van der Waals surface area contributed by atoms with Crippen LogP contribution < -0.4 is 24.1 Å². The zero-order valence-corrected chi connectivity index (χ0v) is 23.2. The number of methoxy groups -OCH3 is 2. The van der Waals surface area contributed by atoms with Crippen LogP contribution in [0, 0.1) is 0 Å². The van der Waals surface area contributed by atoms with Gasteiger partial charge in [-0.25, -0.2) is 28.5 Å². The zero-order valence-electron chi connectivity index (χ0n) is 22.4. The van der Waals surface area contributed by atoms with E-state index in [4.69, 9.17) is 34.2 Å². The molecule has 4 rings (SSSR count). The molecule has 0 saturated carbocycles. The minimum absolute atomic E-state index is 0.00833. The van der Waals surface area contributed by atoms with Gasteiger partial charge in [-0.2, -0.15) is 4.98 Å². The van der Waals surface area contributed by atoms with Crippen LogP contribution in [0.3, 0.4) is 0 Å². The monoisotopic (exact) mass is 567 g/mol. The molecule has 210 valence electrons. The summed E-state index contributed by atoms with van der Waals surface area (Å²) in [4.78, 5) is 17.6. The molecule has 13 heteroatoms. The van der Waals surface area contributed by atoms with Crippen molar-refractivity contribution in [2.24, 2.45) is 5.14 Å². The second-order valence-electron chi connectivity index (χ2n) is 8.76. The van der Waals surface area contributed by atoms with E-state index in [0.29, 0.717) is 17.1 Å². The lowest BCUT2D eigenvalue weighted by Gasteiger charge is -2.18. The Morgan fingerprint density at radius 1 is 1.00 bits per heavy atom. The molecule has 0 bridgehead atoms. The van der Waals surface area contributed by atoms with Gasteiger partial charge in [-0.15, -0.1) is 0 Å². The van der Waals surface area contributed by atoms with Crippen LogP contribution in [0.5, 0.6) is 29.0 Å². The van der Waals surface area contributed by atoms with Crippen molar-refractivity contribution in [1.82, 2.24) is 19.9 Å². The number of benzene rings is 1. The Morgan fingerprint density at radius 3 is 2.40 bits per heavy atom. The van der Waals surface area contributed by atoms with Gasteiger partial charge in [-0.3, -0.25) is 0 Å². The summed E-state index contributed by atoms with van der Waals surface area (Å²) in [6.07, 6.45) is 2.95. The lowest BCUT2D eigenvalue weighted by atomic mass is 10.0. The quantitative estimate of drug-likeness (QED) is 0.272. The van der Waals surface area contributed by atoms with E-state index < -0.39 is 15.0 Å². The number of hydrogen-bond acceptors (Lipinski definition) is 11. The Kier molecular flexibility index (Phi) is 8.77. The molecular formula is C27H29N5O7S. The molecule has 0 fully saturated rings. The number of nitrogens with two attached hydrogens (primary N) is 1. The predicted octanol–water partition coefficient (Wildman–Crippen LogP) is 3.55. The smallest absolute Gasteiger partial charge is 0.261 e. The highest BCUT2D eigenvalue weighted by molar-refractivity contribution is 7.89. The molecule has 0 unspecified atom stereocenters. The summed E-state index contributed by atoms with van der Waals surface area (Å²) in [5, 5.41) is 14.3. The van der Waals surface area contributed by atoms with Gasteiger partial charge in [-0.1, -0.05) is 26.0 Å². The van der Waals surface area contributed by atoms with E-state index in [-0.39, 0.29) is 53.7 Å². The number of ether oxygens (including phenoxy) is 4. The Hall–Kier alpha value is -4.33. The first-order chi connectivity index (χ1) is 19.2. The summed E-state index contributed by atoms with van der Waals surface area (Å²) in [6, 6.07) is 11.8. The van der Waals surface area contributed by atoms with Gasteiger partial charge < -0.3 is 24.1 Å². The number of para-hydroxylation sites is 2. The van der Waals surface area contributed by atoms with E-state index in [1.165, 1.54) is 26.6 Å². The summed E-state index contributed by atoms with van der Waals surface area (Å²) in [5.74, 6) is 1.17. The van der Waals surface area contributed by atoms with Crippen molar-refractivity contribution in [1.29, 1.82) is 0 Å². The average molecular weight is 568 g/mol. The topological polar surface area (TPSA) is 169 Å². The van der Waals surface area contributed by atoms with Crippen LogP contribution in [0.25, 0.3) is 22.6 Å².